The SMILES string of the molecule is CC(=O)Nc1ccc(NC(=O)COC(=O)[C@@H]2CC(=O)N(c3cccc(C)c3C)C2)cc1. The van der Waals surface area contributed by atoms with Crippen LogP contribution in [0, 0.1) is 19.8 Å². The van der Waals surface area contributed by atoms with Crippen LogP contribution in [-0.2, 0) is 23.9 Å². The van der Waals surface area contributed by atoms with Gasteiger partial charge in [-0.1, -0.05) is 12.1 Å². The molecule has 8 heteroatoms. The molecule has 1 fully saturated rings. The lowest BCUT2D eigenvalue weighted by Gasteiger charge is -2.20. The highest BCUT2D eigenvalue weighted by Gasteiger charge is 2.37. The molecule has 162 valence electrons. The van der Waals surface area contributed by atoms with Gasteiger partial charge in [0.1, 0.15) is 0 Å². The Morgan fingerprint density at radius 2 is 1.68 bits per heavy atom. The molecule has 1 aliphatic heterocycles. The first-order valence-corrected chi connectivity index (χ1v) is 9.95. The van der Waals surface area contributed by atoms with Crippen molar-refractivity contribution in [2.75, 3.05) is 28.7 Å². The molecule has 31 heavy (non-hydrogen) atoms. The number of hydrogen-bond donors (Lipinski definition) is 2. The lowest BCUT2D eigenvalue weighted by atomic mass is 10.1. The quantitative estimate of drug-likeness (QED) is 0.695. The third kappa shape index (κ3) is 5.48. The van der Waals surface area contributed by atoms with Crippen molar-refractivity contribution in [2.45, 2.75) is 27.2 Å². The van der Waals surface area contributed by atoms with E-state index in [0.29, 0.717) is 11.4 Å². The van der Waals surface area contributed by atoms with Crippen LogP contribution < -0.4 is 15.5 Å². The highest BCUT2D eigenvalue weighted by molar-refractivity contribution is 6.00. The molecule has 0 aliphatic carbocycles. The summed E-state index contributed by atoms with van der Waals surface area (Å²) in [6.45, 7) is 5.10. The largest absolute Gasteiger partial charge is 0.455 e. The maximum absolute atomic E-state index is 12.4. The number of anilines is 3. The van der Waals surface area contributed by atoms with Gasteiger partial charge >= 0.3 is 5.97 Å². The van der Waals surface area contributed by atoms with E-state index in [1.54, 1.807) is 29.2 Å². The van der Waals surface area contributed by atoms with Crippen molar-refractivity contribution in [2.24, 2.45) is 5.92 Å². The molecule has 8 nitrogen and oxygen atoms in total. The summed E-state index contributed by atoms with van der Waals surface area (Å²) in [7, 11) is 0. The van der Waals surface area contributed by atoms with Gasteiger partial charge in [-0.2, -0.15) is 0 Å². The number of rotatable bonds is 6. The smallest absolute Gasteiger partial charge is 0.311 e. The van der Waals surface area contributed by atoms with E-state index in [1.807, 2.05) is 32.0 Å². The molecule has 1 aliphatic rings. The number of carbonyl (C=O) groups is 4. The van der Waals surface area contributed by atoms with Crippen LogP contribution in [0.5, 0.6) is 0 Å². The van der Waals surface area contributed by atoms with Crippen molar-refractivity contribution in [3.05, 3.63) is 53.6 Å². The molecule has 3 amide bonds. The molecular formula is C23H25N3O5. The van der Waals surface area contributed by atoms with Crippen LogP contribution in [0.4, 0.5) is 17.1 Å². The van der Waals surface area contributed by atoms with E-state index in [9.17, 15) is 19.2 Å². The number of carbonyl (C=O) groups excluding carboxylic acids is 4. The molecule has 0 saturated carbocycles. The van der Waals surface area contributed by atoms with E-state index in [1.165, 1.54) is 6.92 Å². The number of benzene rings is 2. The number of esters is 1. The predicted molar refractivity (Wildman–Crippen MR) is 117 cm³/mol. The number of ether oxygens (including phenoxy) is 1. The van der Waals surface area contributed by atoms with Crippen LogP contribution in [0.15, 0.2) is 42.5 Å². The predicted octanol–water partition coefficient (Wildman–Crippen LogP) is 2.80. The maximum Gasteiger partial charge on any atom is 0.311 e. The second-order valence-corrected chi connectivity index (χ2v) is 7.54. The summed E-state index contributed by atoms with van der Waals surface area (Å²) in [5.74, 6) is -2.00. The van der Waals surface area contributed by atoms with Crippen LogP contribution >= 0.6 is 0 Å². The molecule has 0 aromatic heterocycles. The zero-order chi connectivity index (χ0) is 22.5. The Balaban J connectivity index is 1.51. The van der Waals surface area contributed by atoms with Crippen LogP contribution in [-0.4, -0.2) is 36.8 Å². The molecule has 2 aromatic carbocycles. The monoisotopic (exact) mass is 423 g/mol. The van der Waals surface area contributed by atoms with Crippen molar-refractivity contribution >= 4 is 40.8 Å². The minimum absolute atomic E-state index is 0.0540. The summed E-state index contributed by atoms with van der Waals surface area (Å²) in [4.78, 5) is 49.6. The summed E-state index contributed by atoms with van der Waals surface area (Å²) in [5, 5.41) is 5.25. The first kappa shape index (κ1) is 22.0. The van der Waals surface area contributed by atoms with Crippen LogP contribution in [0.3, 0.4) is 0 Å². The number of hydrogen-bond acceptors (Lipinski definition) is 5. The summed E-state index contributed by atoms with van der Waals surface area (Å²) >= 11 is 0. The Bertz CT molecular complexity index is 1020. The molecule has 0 radical (unpaired) electrons. The van der Waals surface area contributed by atoms with Gasteiger partial charge in [-0.25, -0.2) is 0 Å². The van der Waals surface area contributed by atoms with E-state index in [0.717, 1.165) is 16.8 Å². The van der Waals surface area contributed by atoms with E-state index in [4.69, 9.17) is 4.74 Å². The van der Waals surface area contributed by atoms with Crippen LogP contribution in [0.2, 0.25) is 0 Å². The molecule has 0 spiro atoms. The van der Waals surface area contributed by atoms with E-state index < -0.39 is 24.4 Å². The molecule has 1 saturated heterocycles. The Kier molecular flexibility index (Phi) is 6.69. The van der Waals surface area contributed by atoms with Gasteiger partial charge in [0.05, 0.1) is 5.92 Å². The normalized spacial score (nSPS) is 15.5. The molecule has 2 N–H and O–H groups in total. The highest BCUT2D eigenvalue weighted by Crippen LogP contribution is 2.29. The lowest BCUT2D eigenvalue weighted by Crippen LogP contribution is -2.28. The van der Waals surface area contributed by atoms with Crippen molar-refractivity contribution in [1.29, 1.82) is 0 Å². The molecule has 3 rings (SSSR count). The maximum atomic E-state index is 12.4. The number of aryl methyl sites for hydroxylation is 1. The zero-order valence-electron chi connectivity index (χ0n) is 17.7. The highest BCUT2D eigenvalue weighted by atomic mass is 16.5. The third-order valence-corrected chi connectivity index (χ3v) is 5.16. The Labute approximate surface area is 180 Å². The zero-order valence-corrected chi connectivity index (χ0v) is 17.7. The second-order valence-electron chi connectivity index (χ2n) is 7.54. The minimum atomic E-state index is -0.614. The summed E-state index contributed by atoms with van der Waals surface area (Å²) in [6.07, 6.45) is 0.0540. The van der Waals surface area contributed by atoms with Crippen molar-refractivity contribution in [3.8, 4) is 0 Å². The summed E-state index contributed by atoms with van der Waals surface area (Å²) in [5.41, 5.74) is 3.97. The van der Waals surface area contributed by atoms with E-state index >= 15 is 0 Å². The second kappa shape index (κ2) is 9.42. The van der Waals surface area contributed by atoms with E-state index in [-0.39, 0.29) is 24.8 Å². The number of nitrogens with zero attached hydrogens (tertiary/aromatic N) is 1. The van der Waals surface area contributed by atoms with Crippen molar-refractivity contribution < 1.29 is 23.9 Å². The average molecular weight is 423 g/mol. The summed E-state index contributed by atoms with van der Waals surface area (Å²) < 4.78 is 5.14. The standard InChI is InChI=1S/C23H25N3O5/c1-14-5-4-6-20(15(14)2)26-12-17(11-22(26)29)23(30)31-13-21(28)25-19-9-7-18(8-10-19)24-16(3)27/h4-10,17H,11-13H2,1-3H3,(H,24,27)(H,25,28)/t17-/m1/s1. The molecule has 1 atom stereocenters. The molecule has 0 bridgehead atoms. The minimum Gasteiger partial charge on any atom is -0.455 e. The van der Waals surface area contributed by atoms with Crippen molar-refractivity contribution in [1.82, 2.24) is 0 Å². The Morgan fingerprint density at radius 3 is 2.32 bits per heavy atom. The van der Waals surface area contributed by atoms with Gasteiger partial charge < -0.3 is 20.3 Å². The topological polar surface area (TPSA) is 105 Å². The summed E-state index contributed by atoms with van der Waals surface area (Å²) in [6, 6.07) is 12.3. The van der Waals surface area contributed by atoms with Gasteiger partial charge in [0.2, 0.25) is 11.8 Å². The van der Waals surface area contributed by atoms with Gasteiger partial charge in [0, 0.05) is 37.0 Å². The first-order valence-electron chi connectivity index (χ1n) is 9.95. The fourth-order valence-electron chi connectivity index (χ4n) is 3.42. The number of nitrogens with one attached hydrogen (secondary N) is 2. The molecule has 2 aromatic rings. The number of amides is 3. The Morgan fingerprint density at radius 1 is 1.03 bits per heavy atom. The van der Waals surface area contributed by atoms with Gasteiger partial charge in [-0.05, 0) is 55.3 Å². The third-order valence-electron chi connectivity index (χ3n) is 5.16. The van der Waals surface area contributed by atoms with Gasteiger partial charge in [0.15, 0.2) is 6.61 Å². The van der Waals surface area contributed by atoms with Crippen molar-refractivity contribution in [3.63, 3.8) is 0 Å². The average Bonchev–Trinajstić information content (AvgIpc) is 3.11. The Hall–Kier alpha value is -3.68. The van der Waals surface area contributed by atoms with Gasteiger partial charge in [-0.3, -0.25) is 19.2 Å². The van der Waals surface area contributed by atoms with E-state index in [2.05, 4.69) is 10.6 Å². The van der Waals surface area contributed by atoms with Gasteiger partial charge in [-0.15, -0.1) is 0 Å². The fraction of sp³-hybridized carbons (Fsp3) is 0.304. The van der Waals surface area contributed by atoms with Crippen LogP contribution in [0.1, 0.15) is 24.5 Å². The van der Waals surface area contributed by atoms with Gasteiger partial charge in [0.25, 0.3) is 5.91 Å². The lowest BCUT2D eigenvalue weighted by molar-refractivity contribution is -0.151. The molecular weight excluding hydrogens is 398 g/mol. The van der Waals surface area contributed by atoms with Crippen LogP contribution in [0.25, 0.3) is 0 Å². The molecule has 0 unspecified atom stereocenters. The first-order chi connectivity index (χ1) is 14.7. The molecule has 1 heterocycles. The fourth-order valence-corrected chi connectivity index (χ4v) is 3.42.